The number of hydrogen-bond donors (Lipinski definition) is 2. The van der Waals surface area contributed by atoms with Crippen LogP contribution in [0.3, 0.4) is 0 Å². The van der Waals surface area contributed by atoms with E-state index in [-0.39, 0.29) is 17.9 Å². The number of nitrogens with zero attached hydrogens (tertiary/aromatic N) is 1. The van der Waals surface area contributed by atoms with Gasteiger partial charge in [0, 0.05) is 31.4 Å². The highest BCUT2D eigenvalue weighted by Crippen LogP contribution is 2.25. The average Bonchev–Trinajstić information content (AvgIpc) is 2.85. The molecule has 33 heavy (non-hydrogen) atoms. The van der Waals surface area contributed by atoms with Gasteiger partial charge in [-0.3, -0.25) is 9.59 Å². The molecule has 3 aromatic rings. The van der Waals surface area contributed by atoms with Crippen molar-refractivity contribution in [3.05, 3.63) is 101 Å². The third-order valence-corrected chi connectivity index (χ3v) is 6.31. The third-order valence-electron chi connectivity index (χ3n) is 5.98. The summed E-state index contributed by atoms with van der Waals surface area (Å²) in [5.41, 5.74) is 3.32. The Balaban J connectivity index is 1.32. The van der Waals surface area contributed by atoms with E-state index in [1.165, 1.54) is 5.56 Å². The number of anilines is 1. The number of piperidine rings is 1. The number of rotatable bonds is 7. The zero-order valence-electron chi connectivity index (χ0n) is 18.5. The van der Waals surface area contributed by atoms with Crippen LogP contribution >= 0.6 is 11.6 Å². The highest BCUT2D eigenvalue weighted by atomic mass is 35.5. The first-order valence-electron chi connectivity index (χ1n) is 11.3. The van der Waals surface area contributed by atoms with E-state index in [0.717, 1.165) is 38.0 Å². The molecule has 1 fully saturated rings. The Morgan fingerprint density at radius 3 is 2.18 bits per heavy atom. The number of carbonyl (C=O) groups is 2. The maximum Gasteiger partial charge on any atom is 0.253 e. The zero-order chi connectivity index (χ0) is 23.0. The number of para-hydroxylation sites is 1. The van der Waals surface area contributed by atoms with Crippen LogP contribution in [0.2, 0.25) is 5.02 Å². The lowest BCUT2D eigenvalue weighted by molar-refractivity contribution is 0.0929. The van der Waals surface area contributed by atoms with Crippen molar-refractivity contribution in [3.8, 4) is 0 Å². The molecule has 1 aliphatic rings. The maximum atomic E-state index is 12.9. The van der Waals surface area contributed by atoms with Crippen LogP contribution in [-0.2, 0) is 6.42 Å². The molecule has 6 heteroatoms. The number of carbonyl (C=O) groups excluding carboxylic acids is 2. The van der Waals surface area contributed by atoms with Gasteiger partial charge in [-0.15, -0.1) is 0 Å². The van der Waals surface area contributed by atoms with E-state index in [9.17, 15) is 9.59 Å². The standard InChI is InChI=1S/C27H28ClN3O2/c28-24-12-6-4-10-22(24)27(33)30-21-15-18-31(19-16-21)25-13-7-5-11-23(25)26(32)29-17-14-20-8-2-1-3-9-20/h1-13,21H,14-19H2,(H,29,32)(H,30,33). The molecule has 0 bridgehead atoms. The molecular formula is C27H28ClN3O2. The van der Waals surface area contributed by atoms with Gasteiger partial charge in [0.2, 0.25) is 0 Å². The van der Waals surface area contributed by atoms with Gasteiger partial charge in [-0.1, -0.05) is 66.2 Å². The van der Waals surface area contributed by atoms with Gasteiger partial charge in [0.15, 0.2) is 0 Å². The normalized spacial score (nSPS) is 14.0. The molecule has 1 saturated heterocycles. The summed E-state index contributed by atoms with van der Waals surface area (Å²) >= 11 is 6.15. The van der Waals surface area contributed by atoms with E-state index in [1.54, 1.807) is 12.1 Å². The van der Waals surface area contributed by atoms with Crippen LogP contribution in [0.1, 0.15) is 39.1 Å². The van der Waals surface area contributed by atoms with Crippen molar-refractivity contribution in [1.82, 2.24) is 10.6 Å². The van der Waals surface area contributed by atoms with Crippen molar-refractivity contribution < 1.29 is 9.59 Å². The molecule has 0 aromatic heterocycles. The fourth-order valence-corrected chi connectivity index (χ4v) is 4.40. The Morgan fingerprint density at radius 2 is 1.45 bits per heavy atom. The first-order valence-corrected chi connectivity index (χ1v) is 11.7. The monoisotopic (exact) mass is 461 g/mol. The van der Waals surface area contributed by atoms with Crippen molar-refractivity contribution in [3.63, 3.8) is 0 Å². The van der Waals surface area contributed by atoms with E-state index in [2.05, 4.69) is 27.7 Å². The Bertz CT molecular complexity index is 1100. The molecule has 0 radical (unpaired) electrons. The quantitative estimate of drug-likeness (QED) is 0.535. The van der Waals surface area contributed by atoms with Crippen molar-refractivity contribution in [2.75, 3.05) is 24.5 Å². The Hall–Kier alpha value is -3.31. The Morgan fingerprint density at radius 1 is 0.818 bits per heavy atom. The summed E-state index contributed by atoms with van der Waals surface area (Å²) in [5.74, 6) is -0.201. The van der Waals surface area contributed by atoms with E-state index in [0.29, 0.717) is 22.7 Å². The van der Waals surface area contributed by atoms with E-state index < -0.39 is 0 Å². The molecular weight excluding hydrogens is 434 g/mol. The third kappa shape index (κ3) is 5.93. The van der Waals surface area contributed by atoms with E-state index >= 15 is 0 Å². The Kier molecular flexibility index (Phi) is 7.63. The molecule has 4 rings (SSSR count). The van der Waals surface area contributed by atoms with Gasteiger partial charge in [-0.2, -0.15) is 0 Å². The molecule has 1 aliphatic heterocycles. The molecule has 2 amide bonds. The summed E-state index contributed by atoms with van der Waals surface area (Å²) in [4.78, 5) is 27.7. The summed E-state index contributed by atoms with van der Waals surface area (Å²) in [5, 5.41) is 6.61. The van der Waals surface area contributed by atoms with Crippen LogP contribution in [0.4, 0.5) is 5.69 Å². The Labute approximate surface area is 199 Å². The van der Waals surface area contributed by atoms with Crippen LogP contribution in [0, 0.1) is 0 Å². The van der Waals surface area contributed by atoms with Crippen LogP contribution < -0.4 is 15.5 Å². The lowest BCUT2D eigenvalue weighted by atomic mass is 10.0. The second-order valence-electron chi connectivity index (χ2n) is 8.22. The summed E-state index contributed by atoms with van der Waals surface area (Å²) in [7, 11) is 0. The predicted molar refractivity (Wildman–Crippen MR) is 133 cm³/mol. The first kappa shape index (κ1) is 22.9. The molecule has 3 aromatic carbocycles. The minimum Gasteiger partial charge on any atom is -0.371 e. The van der Waals surface area contributed by atoms with Gasteiger partial charge < -0.3 is 15.5 Å². The van der Waals surface area contributed by atoms with Crippen molar-refractivity contribution in [2.45, 2.75) is 25.3 Å². The number of halogens is 1. The van der Waals surface area contributed by atoms with Gasteiger partial charge in [0.25, 0.3) is 11.8 Å². The van der Waals surface area contributed by atoms with Gasteiger partial charge >= 0.3 is 0 Å². The predicted octanol–water partition coefficient (Wildman–Crippen LogP) is 4.71. The van der Waals surface area contributed by atoms with E-state index in [1.807, 2.05) is 54.6 Å². The van der Waals surface area contributed by atoms with Crippen molar-refractivity contribution in [2.24, 2.45) is 0 Å². The van der Waals surface area contributed by atoms with Crippen molar-refractivity contribution >= 4 is 29.1 Å². The number of benzene rings is 3. The SMILES string of the molecule is O=C(NC1CCN(c2ccccc2C(=O)NCCc2ccccc2)CC1)c1ccccc1Cl. The molecule has 0 saturated carbocycles. The molecule has 0 aliphatic carbocycles. The van der Waals surface area contributed by atoms with Crippen LogP contribution in [0.15, 0.2) is 78.9 Å². The topological polar surface area (TPSA) is 61.4 Å². The smallest absolute Gasteiger partial charge is 0.253 e. The fraction of sp³-hybridized carbons (Fsp3) is 0.259. The van der Waals surface area contributed by atoms with Crippen LogP contribution in [0.5, 0.6) is 0 Å². The first-order chi connectivity index (χ1) is 16.1. The second kappa shape index (κ2) is 11.0. The summed E-state index contributed by atoms with van der Waals surface area (Å²) in [6.45, 7) is 2.12. The summed E-state index contributed by atoms with van der Waals surface area (Å²) < 4.78 is 0. The van der Waals surface area contributed by atoms with Crippen LogP contribution in [-0.4, -0.2) is 37.5 Å². The molecule has 0 atom stereocenters. The molecule has 170 valence electrons. The number of nitrogens with one attached hydrogen (secondary N) is 2. The minimum absolute atomic E-state index is 0.0596. The average molecular weight is 462 g/mol. The largest absolute Gasteiger partial charge is 0.371 e. The lowest BCUT2D eigenvalue weighted by Crippen LogP contribution is -2.45. The van der Waals surface area contributed by atoms with Gasteiger partial charge in [-0.05, 0) is 49.1 Å². The number of amides is 2. The van der Waals surface area contributed by atoms with Crippen molar-refractivity contribution in [1.29, 1.82) is 0 Å². The van der Waals surface area contributed by atoms with Gasteiger partial charge in [-0.25, -0.2) is 0 Å². The van der Waals surface area contributed by atoms with Gasteiger partial charge in [0.1, 0.15) is 0 Å². The second-order valence-corrected chi connectivity index (χ2v) is 8.63. The van der Waals surface area contributed by atoms with E-state index in [4.69, 9.17) is 11.6 Å². The molecule has 0 unspecified atom stereocenters. The highest BCUT2D eigenvalue weighted by molar-refractivity contribution is 6.33. The highest BCUT2D eigenvalue weighted by Gasteiger charge is 2.24. The minimum atomic E-state index is -0.141. The zero-order valence-corrected chi connectivity index (χ0v) is 19.2. The lowest BCUT2D eigenvalue weighted by Gasteiger charge is -2.35. The molecule has 2 N–H and O–H groups in total. The fourth-order valence-electron chi connectivity index (χ4n) is 4.17. The molecule has 1 heterocycles. The number of hydrogen-bond acceptors (Lipinski definition) is 3. The van der Waals surface area contributed by atoms with Gasteiger partial charge in [0.05, 0.1) is 16.1 Å². The summed E-state index contributed by atoms with van der Waals surface area (Å²) in [6.07, 6.45) is 2.41. The molecule has 5 nitrogen and oxygen atoms in total. The summed E-state index contributed by atoms with van der Waals surface area (Å²) in [6, 6.07) is 25.0. The van der Waals surface area contributed by atoms with Crippen LogP contribution in [0.25, 0.3) is 0 Å². The maximum absolute atomic E-state index is 12.9. The molecule has 0 spiro atoms.